The van der Waals surface area contributed by atoms with Crippen LogP contribution in [0.2, 0.25) is 0 Å². The van der Waals surface area contributed by atoms with Gasteiger partial charge in [0, 0.05) is 44.4 Å². The lowest BCUT2D eigenvalue weighted by atomic mass is 9.83. The summed E-state index contributed by atoms with van der Waals surface area (Å²) >= 11 is 0. The number of nitrogens with zero attached hydrogens (tertiary/aromatic N) is 3. The molecule has 2 aliphatic heterocycles. The Morgan fingerprint density at radius 2 is 1.94 bits per heavy atom. The second-order valence-corrected chi connectivity index (χ2v) is 9.38. The first-order valence-electron chi connectivity index (χ1n) is 11.4. The number of hydrogen-bond donors (Lipinski definition) is 1. The third kappa shape index (κ3) is 4.28. The van der Waals surface area contributed by atoms with E-state index in [1.165, 1.54) is 25.0 Å². The number of carbonyl (C=O) groups is 2. The maximum Gasteiger partial charge on any atom is 0.272 e. The normalized spacial score (nSPS) is 19.6. The number of hydrogen-bond acceptors (Lipinski definition) is 4. The number of aryl methyl sites for hydroxylation is 1. The van der Waals surface area contributed by atoms with Gasteiger partial charge in [-0.05, 0) is 49.3 Å². The fraction of sp³-hybridized carbons (Fsp3) is 0.542. The molecule has 5 rings (SSSR count). The van der Waals surface area contributed by atoms with E-state index in [1.54, 1.807) is 12.1 Å². The number of benzene rings is 1. The van der Waals surface area contributed by atoms with Crippen molar-refractivity contribution in [3.05, 3.63) is 52.6 Å². The van der Waals surface area contributed by atoms with Crippen LogP contribution in [0.1, 0.15) is 53.0 Å². The zero-order valence-corrected chi connectivity index (χ0v) is 18.4. The van der Waals surface area contributed by atoms with Crippen molar-refractivity contribution in [2.45, 2.75) is 50.7 Å². The van der Waals surface area contributed by atoms with Gasteiger partial charge in [0.2, 0.25) is 5.91 Å². The molecule has 1 N–H and O–H groups in total. The van der Waals surface area contributed by atoms with Crippen LogP contribution in [0, 0.1) is 11.7 Å². The van der Waals surface area contributed by atoms with Gasteiger partial charge in [-0.25, -0.2) is 4.39 Å². The Morgan fingerprint density at radius 1 is 1.22 bits per heavy atom. The summed E-state index contributed by atoms with van der Waals surface area (Å²) in [7, 11) is 1.89. The molecule has 7 nitrogen and oxygen atoms in total. The molecule has 1 saturated heterocycles. The van der Waals surface area contributed by atoms with Crippen LogP contribution in [0.15, 0.2) is 24.3 Å². The van der Waals surface area contributed by atoms with Gasteiger partial charge in [-0.2, -0.15) is 5.10 Å². The minimum absolute atomic E-state index is 0.0538. The molecule has 2 amide bonds. The molecule has 32 heavy (non-hydrogen) atoms. The number of piperidine rings is 1. The number of amides is 2. The van der Waals surface area contributed by atoms with E-state index >= 15 is 0 Å². The summed E-state index contributed by atoms with van der Waals surface area (Å²) in [6, 6.07) is 6.09. The molecule has 0 bridgehead atoms. The smallest absolute Gasteiger partial charge is 0.272 e. The molecule has 1 saturated carbocycles. The van der Waals surface area contributed by atoms with E-state index in [9.17, 15) is 14.0 Å². The fourth-order valence-electron chi connectivity index (χ4n) is 4.76. The van der Waals surface area contributed by atoms with E-state index in [2.05, 4.69) is 10.4 Å². The van der Waals surface area contributed by atoms with E-state index in [0.29, 0.717) is 37.7 Å². The molecule has 1 aromatic carbocycles. The Kier molecular flexibility index (Phi) is 5.49. The molecule has 1 aromatic heterocycles. The molecular formula is C24H29FN4O3. The molecule has 2 fully saturated rings. The van der Waals surface area contributed by atoms with E-state index in [0.717, 1.165) is 36.2 Å². The van der Waals surface area contributed by atoms with Gasteiger partial charge < -0.3 is 15.0 Å². The minimum Gasteiger partial charge on any atom is -0.370 e. The highest BCUT2D eigenvalue weighted by molar-refractivity contribution is 5.94. The summed E-state index contributed by atoms with van der Waals surface area (Å²) in [6.45, 7) is 2.35. The number of likely N-dealkylation sites (tertiary alicyclic amines) is 1. The van der Waals surface area contributed by atoms with Gasteiger partial charge in [-0.3, -0.25) is 14.3 Å². The monoisotopic (exact) mass is 440 g/mol. The zero-order valence-electron chi connectivity index (χ0n) is 18.4. The highest BCUT2D eigenvalue weighted by Crippen LogP contribution is 2.37. The van der Waals surface area contributed by atoms with Crippen LogP contribution in [-0.4, -0.2) is 51.7 Å². The highest BCUT2D eigenvalue weighted by Gasteiger charge is 2.42. The van der Waals surface area contributed by atoms with E-state index in [4.69, 9.17) is 4.74 Å². The number of carbonyl (C=O) groups excluding carboxylic acids is 2. The summed E-state index contributed by atoms with van der Waals surface area (Å²) in [6.07, 6.45) is 4.85. The molecule has 1 spiro atoms. The van der Waals surface area contributed by atoms with Crippen molar-refractivity contribution in [1.82, 2.24) is 20.0 Å². The Morgan fingerprint density at radius 3 is 2.62 bits per heavy atom. The predicted octanol–water partition coefficient (Wildman–Crippen LogP) is 2.38. The van der Waals surface area contributed by atoms with Gasteiger partial charge in [0.05, 0.1) is 18.6 Å². The first-order chi connectivity index (χ1) is 15.4. The van der Waals surface area contributed by atoms with Crippen LogP contribution < -0.4 is 5.32 Å². The molecule has 1 aliphatic carbocycles. The standard InChI is InChI=1S/C24H29FN4O3/c1-28-20-13-24(32-15-19(20)22(27-28)23(31)26-14-17-2-3-17)8-10-29(11-9-24)21(30)12-16-4-6-18(25)7-5-16/h4-7,17H,2-3,8-15H2,1H3,(H,26,31). The minimum atomic E-state index is -0.324. The number of rotatable bonds is 5. The molecule has 0 radical (unpaired) electrons. The topological polar surface area (TPSA) is 76.5 Å². The lowest BCUT2D eigenvalue weighted by molar-refractivity contribution is -0.140. The molecule has 8 heteroatoms. The van der Waals surface area contributed by atoms with Crippen LogP contribution in [-0.2, 0) is 36.0 Å². The number of fused-ring (bicyclic) bond motifs is 1. The van der Waals surface area contributed by atoms with Gasteiger partial charge in [0.25, 0.3) is 5.91 Å². The molecule has 3 aliphatic rings. The Labute approximate surface area is 186 Å². The Hall–Kier alpha value is -2.74. The summed E-state index contributed by atoms with van der Waals surface area (Å²) in [4.78, 5) is 27.2. The first-order valence-corrected chi connectivity index (χ1v) is 11.4. The molecule has 3 heterocycles. The summed E-state index contributed by atoms with van der Waals surface area (Å²) < 4.78 is 21.2. The lowest BCUT2D eigenvalue weighted by Gasteiger charge is -2.44. The first kappa shape index (κ1) is 21.1. The number of ether oxygens (including phenoxy) is 1. The Bertz CT molecular complexity index is 1020. The lowest BCUT2D eigenvalue weighted by Crippen LogP contribution is -2.51. The van der Waals surface area contributed by atoms with Crippen LogP contribution >= 0.6 is 0 Å². The zero-order chi connectivity index (χ0) is 22.3. The summed E-state index contributed by atoms with van der Waals surface area (Å²) in [5, 5.41) is 7.50. The summed E-state index contributed by atoms with van der Waals surface area (Å²) in [5.41, 5.74) is 2.91. The average Bonchev–Trinajstić information content (AvgIpc) is 3.57. The molecule has 2 aromatic rings. The van der Waals surface area contributed by atoms with Crippen molar-refractivity contribution in [1.29, 1.82) is 0 Å². The molecule has 0 unspecified atom stereocenters. The van der Waals surface area contributed by atoms with Crippen molar-refractivity contribution in [3.63, 3.8) is 0 Å². The average molecular weight is 441 g/mol. The molecule has 170 valence electrons. The van der Waals surface area contributed by atoms with Gasteiger partial charge in [0.15, 0.2) is 5.69 Å². The van der Waals surface area contributed by atoms with Crippen molar-refractivity contribution in [2.75, 3.05) is 19.6 Å². The number of nitrogens with one attached hydrogen (secondary N) is 1. The number of halogens is 1. The fourth-order valence-corrected chi connectivity index (χ4v) is 4.76. The largest absolute Gasteiger partial charge is 0.370 e. The van der Waals surface area contributed by atoms with Crippen molar-refractivity contribution in [3.8, 4) is 0 Å². The van der Waals surface area contributed by atoms with Crippen molar-refractivity contribution in [2.24, 2.45) is 13.0 Å². The van der Waals surface area contributed by atoms with Crippen LogP contribution in [0.5, 0.6) is 0 Å². The van der Waals surface area contributed by atoms with Gasteiger partial charge in [0.1, 0.15) is 5.82 Å². The second kappa shape index (κ2) is 8.31. The van der Waals surface area contributed by atoms with Crippen molar-refractivity contribution < 1.29 is 18.7 Å². The van der Waals surface area contributed by atoms with Crippen molar-refractivity contribution >= 4 is 11.8 Å². The van der Waals surface area contributed by atoms with E-state index in [-0.39, 0.29) is 29.7 Å². The van der Waals surface area contributed by atoms with Crippen LogP contribution in [0.3, 0.4) is 0 Å². The molecular weight excluding hydrogens is 411 g/mol. The van der Waals surface area contributed by atoms with Gasteiger partial charge in [-0.1, -0.05) is 12.1 Å². The third-order valence-electron chi connectivity index (χ3n) is 7.05. The number of aromatic nitrogens is 2. The summed E-state index contributed by atoms with van der Waals surface area (Å²) in [5.74, 6) is 0.259. The van der Waals surface area contributed by atoms with E-state index in [1.807, 2.05) is 16.6 Å². The predicted molar refractivity (Wildman–Crippen MR) is 115 cm³/mol. The van der Waals surface area contributed by atoms with E-state index < -0.39 is 0 Å². The van der Waals surface area contributed by atoms with Gasteiger partial charge >= 0.3 is 0 Å². The molecule has 0 atom stereocenters. The van der Waals surface area contributed by atoms with Gasteiger partial charge in [-0.15, -0.1) is 0 Å². The maximum atomic E-state index is 13.1. The Balaban J connectivity index is 1.21. The third-order valence-corrected chi connectivity index (χ3v) is 7.05. The second-order valence-electron chi connectivity index (χ2n) is 9.38. The maximum absolute atomic E-state index is 13.1. The highest BCUT2D eigenvalue weighted by atomic mass is 19.1. The quantitative estimate of drug-likeness (QED) is 0.775. The SMILES string of the molecule is Cn1nc(C(=O)NCC2CC2)c2c1CC1(CCN(C(=O)Cc3ccc(F)cc3)CC1)OC2. The van der Waals surface area contributed by atoms with Crippen LogP contribution in [0.4, 0.5) is 4.39 Å². The van der Waals surface area contributed by atoms with Crippen LogP contribution in [0.25, 0.3) is 0 Å².